The second kappa shape index (κ2) is 11.8. The van der Waals surface area contributed by atoms with Gasteiger partial charge >= 0.3 is 24.3 Å². The smallest absolute Gasteiger partial charge is 0.416 e. The molecule has 0 spiro atoms. The summed E-state index contributed by atoms with van der Waals surface area (Å²) in [5, 5.41) is 0. The van der Waals surface area contributed by atoms with Crippen LogP contribution in [0.3, 0.4) is 0 Å². The van der Waals surface area contributed by atoms with Crippen molar-refractivity contribution in [3.63, 3.8) is 0 Å². The van der Waals surface area contributed by atoms with Crippen molar-refractivity contribution in [1.82, 2.24) is 4.90 Å². The number of ether oxygens (including phenoxy) is 2. The Hall–Kier alpha value is -3.08. The number of alkyl halides is 6. The Morgan fingerprint density at radius 2 is 1.62 bits per heavy atom. The SMILES string of the molecule is COC(=O)CC(c1cccc(C(=O)OC2CCN(C(C)c3cc(C(F)(F)F)ccc3C(F)(F)F)CC2)c1)C1CC1. The summed E-state index contributed by atoms with van der Waals surface area (Å²) in [6.07, 6.45) is -7.20. The molecule has 1 aliphatic heterocycles. The van der Waals surface area contributed by atoms with E-state index < -0.39 is 47.2 Å². The number of carbonyl (C=O) groups is 2. The molecule has 4 rings (SSSR count). The number of carbonyl (C=O) groups excluding carboxylic acids is 2. The minimum Gasteiger partial charge on any atom is -0.469 e. The molecular formula is C29H31F6NO4. The van der Waals surface area contributed by atoms with Crippen LogP contribution in [0.5, 0.6) is 0 Å². The van der Waals surface area contributed by atoms with Crippen LogP contribution in [-0.2, 0) is 26.6 Å². The Labute approximate surface area is 228 Å². The van der Waals surface area contributed by atoms with Crippen LogP contribution in [0.2, 0.25) is 0 Å². The van der Waals surface area contributed by atoms with Crippen molar-refractivity contribution >= 4 is 11.9 Å². The van der Waals surface area contributed by atoms with E-state index in [1.54, 1.807) is 23.1 Å². The molecule has 2 unspecified atom stereocenters. The highest BCUT2D eigenvalue weighted by Gasteiger charge is 2.39. The Kier molecular flexibility index (Phi) is 8.82. The van der Waals surface area contributed by atoms with Crippen LogP contribution in [0.25, 0.3) is 0 Å². The van der Waals surface area contributed by atoms with Gasteiger partial charge in [-0.3, -0.25) is 9.69 Å². The van der Waals surface area contributed by atoms with Gasteiger partial charge in [0.15, 0.2) is 0 Å². The van der Waals surface area contributed by atoms with E-state index in [0.717, 1.165) is 18.4 Å². The van der Waals surface area contributed by atoms with Gasteiger partial charge in [0.25, 0.3) is 0 Å². The average molecular weight is 572 g/mol. The van der Waals surface area contributed by atoms with E-state index in [1.807, 2.05) is 6.07 Å². The normalized spacial score (nSPS) is 18.7. The molecule has 0 N–H and O–H groups in total. The van der Waals surface area contributed by atoms with Gasteiger partial charge in [0.05, 0.1) is 30.2 Å². The molecular weight excluding hydrogens is 540 g/mol. The van der Waals surface area contributed by atoms with E-state index in [9.17, 15) is 35.9 Å². The van der Waals surface area contributed by atoms with Gasteiger partial charge in [-0.15, -0.1) is 0 Å². The monoisotopic (exact) mass is 571 g/mol. The molecule has 40 heavy (non-hydrogen) atoms. The van der Waals surface area contributed by atoms with Gasteiger partial charge in [0.1, 0.15) is 6.10 Å². The molecule has 1 saturated heterocycles. The summed E-state index contributed by atoms with van der Waals surface area (Å²) < 4.78 is 91.0. The largest absolute Gasteiger partial charge is 0.469 e. The molecule has 1 heterocycles. The predicted molar refractivity (Wildman–Crippen MR) is 133 cm³/mol. The number of nitrogens with zero attached hydrogens (tertiary/aromatic N) is 1. The van der Waals surface area contributed by atoms with Crippen LogP contribution in [0.1, 0.15) is 83.6 Å². The molecule has 11 heteroatoms. The van der Waals surface area contributed by atoms with Gasteiger partial charge in [-0.05, 0) is 85.9 Å². The molecule has 1 saturated carbocycles. The van der Waals surface area contributed by atoms with Crippen molar-refractivity contribution in [3.05, 3.63) is 70.3 Å². The highest BCUT2D eigenvalue weighted by molar-refractivity contribution is 5.89. The number of hydrogen-bond acceptors (Lipinski definition) is 5. The number of methoxy groups -OCH3 is 1. The molecule has 2 aromatic rings. The Balaban J connectivity index is 1.40. The zero-order valence-corrected chi connectivity index (χ0v) is 22.1. The number of likely N-dealkylation sites (tertiary alicyclic amines) is 1. The molecule has 0 bridgehead atoms. The van der Waals surface area contributed by atoms with Crippen molar-refractivity contribution < 1.29 is 45.4 Å². The van der Waals surface area contributed by atoms with Gasteiger partial charge in [0.2, 0.25) is 0 Å². The number of benzene rings is 2. The van der Waals surface area contributed by atoms with Crippen LogP contribution in [-0.4, -0.2) is 43.1 Å². The molecule has 0 amide bonds. The first kappa shape index (κ1) is 29.9. The fourth-order valence-electron chi connectivity index (χ4n) is 5.35. The molecule has 2 aliphatic rings. The Morgan fingerprint density at radius 3 is 2.20 bits per heavy atom. The lowest BCUT2D eigenvalue weighted by molar-refractivity contribution is -0.142. The fourth-order valence-corrected chi connectivity index (χ4v) is 5.35. The lowest BCUT2D eigenvalue weighted by Gasteiger charge is -2.37. The molecule has 0 radical (unpaired) electrons. The molecule has 0 aromatic heterocycles. The number of piperidine rings is 1. The highest BCUT2D eigenvalue weighted by atomic mass is 19.4. The van der Waals surface area contributed by atoms with Crippen LogP contribution in [0.4, 0.5) is 26.3 Å². The summed E-state index contributed by atoms with van der Waals surface area (Å²) in [4.78, 5) is 26.5. The summed E-state index contributed by atoms with van der Waals surface area (Å²) in [6.45, 7) is 1.94. The van der Waals surface area contributed by atoms with E-state index in [1.165, 1.54) is 14.0 Å². The molecule has 218 valence electrons. The third-order valence-electron chi connectivity index (χ3n) is 7.79. The minimum absolute atomic E-state index is 0.0534. The van der Waals surface area contributed by atoms with Crippen molar-refractivity contribution in [3.8, 4) is 0 Å². The fraction of sp³-hybridized carbons (Fsp3) is 0.517. The maximum absolute atomic E-state index is 13.6. The van der Waals surface area contributed by atoms with Crippen LogP contribution >= 0.6 is 0 Å². The molecule has 2 atom stereocenters. The van der Waals surface area contributed by atoms with Crippen molar-refractivity contribution in [1.29, 1.82) is 0 Å². The van der Waals surface area contributed by atoms with Crippen LogP contribution < -0.4 is 0 Å². The van der Waals surface area contributed by atoms with Gasteiger partial charge in [-0.1, -0.05) is 12.1 Å². The first-order valence-electron chi connectivity index (χ1n) is 13.2. The lowest BCUT2D eigenvalue weighted by Crippen LogP contribution is -2.39. The van der Waals surface area contributed by atoms with Gasteiger partial charge < -0.3 is 9.47 Å². The standard InChI is InChI=1S/C29H31F6NO4/c1-17(23-15-21(28(30,31)32)8-9-25(23)29(33,34)35)36-12-10-22(11-13-36)40-27(38)20-5-3-4-19(14-20)24(18-6-7-18)16-26(37)39-2/h3-5,8-9,14-15,17-18,22,24H,6-7,10-13,16H2,1-2H3. The van der Waals surface area contributed by atoms with Crippen LogP contribution in [0, 0.1) is 5.92 Å². The van der Waals surface area contributed by atoms with E-state index in [-0.39, 0.29) is 31.4 Å². The topological polar surface area (TPSA) is 55.8 Å². The van der Waals surface area contributed by atoms with E-state index in [4.69, 9.17) is 9.47 Å². The average Bonchev–Trinajstić information content (AvgIpc) is 3.75. The summed E-state index contributed by atoms with van der Waals surface area (Å²) in [5.41, 5.74) is -1.48. The van der Waals surface area contributed by atoms with Gasteiger partial charge in [-0.2, -0.15) is 26.3 Å². The van der Waals surface area contributed by atoms with Crippen molar-refractivity contribution in [2.75, 3.05) is 20.2 Å². The molecule has 2 fully saturated rings. The van der Waals surface area contributed by atoms with Gasteiger partial charge in [-0.25, -0.2) is 4.79 Å². The minimum atomic E-state index is -4.80. The lowest BCUT2D eigenvalue weighted by atomic mass is 9.90. The first-order valence-corrected chi connectivity index (χ1v) is 13.2. The number of hydrogen-bond donors (Lipinski definition) is 0. The maximum Gasteiger partial charge on any atom is 0.416 e. The predicted octanol–water partition coefficient (Wildman–Crippen LogP) is 7.16. The van der Waals surface area contributed by atoms with E-state index in [0.29, 0.717) is 42.5 Å². The number of rotatable bonds is 8. The van der Waals surface area contributed by atoms with E-state index >= 15 is 0 Å². The number of esters is 2. The summed E-state index contributed by atoms with van der Waals surface area (Å²) in [6, 6.07) is 7.51. The maximum atomic E-state index is 13.6. The first-order chi connectivity index (χ1) is 18.8. The molecule has 2 aromatic carbocycles. The Morgan fingerprint density at radius 1 is 0.950 bits per heavy atom. The highest BCUT2D eigenvalue weighted by Crippen LogP contribution is 2.45. The second-order valence-corrected chi connectivity index (χ2v) is 10.5. The van der Waals surface area contributed by atoms with Crippen molar-refractivity contribution in [2.24, 2.45) is 5.92 Å². The zero-order valence-electron chi connectivity index (χ0n) is 22.1. The molecule has 1 aliphatic carbocycles. The second-order valence-electron chi connectivity index (χ2n) is 10.5. The quantitative estimate of drug-likeness (QED) is 0.249. The molecule has 5 nitrogen and oxygen atoms in total. The third-order valence-corrected chi connectivity index (χ3v) is 7.79. The van der Waals surface area contributed by atoms with E-state index in [2.05, 4.69) is 0 Å². The Bertz CT molecular complexity index is 1220. The summed E-state index contributed by atoms with van der Waals surface area (Å²) in [7, 11) is 1.33. The third kappa shape index (κ3) is 7.16. The van der Waals surface area contributed by atoms with Gasteiger partial charge in [0, 0.05) is 19.1 Å². The van der Waals surface area contributed by atoms with Crippen molar-refractivity contribution in [2.45, 2.75) is 69.4 Å². The summed E-state index contributed by atoms with van der Waals surface area (Å²) in [5.74, 6) is -0.565. The summed E-state index contributed by atoms with van der Waals surface area (Å²) >= 11 is 0. The number of halogens is 6. The van der Waals surface area contributed by atoms with Crippen LogP contribution in [0.15, 0.2) is 42.5 Å². The zero-order chi connectivity index (χ0) is 29.2.